The van der Waals surface area contributed by atoms with Crippen LogP contribution in [0.5, 0.6) is 0 Å². The molecule has 0 amide bonds. The lowest BCUT2D eigenvalue weighted by Crippen LogP contribution is -2.54. The van der Waals surface area contributed by atoms with Crippen LogP contribution in [-0.4, -0.2) is 51.3 Å². The molecule has 1 aliphatic heterocycles. The zero-order chi connectivity index (χ0) is 20.6. The number of hydrogen-bond donors (Lipinski definition) is 0. The Balaban J connectivity index is 1.43. The van der Waals surface area contributed by atoms with Crippen LogP contribution in [0.4, 0.5) is 5.69 Å². The molecule has 0 saturated carbocycles. The highest BCUT2D eigenvalue weighted by atomic mass is 35.5. The van der Waals surface area contributed by atoms with E-state index in [-0.39, 0.29) is 11.1 Å². The number of rotatable bonds is 5. The third-order valence-corrected chi connectivity index (χ3v) is 5.87. The van der Waals surface area contributed by atoms with E-state index in [0.717, 1.165) is 31.2 Å². The molecule has 1 unspecified atom stereocenters. The Hall–Kier alpha value is -2.31. The van der Waals surface area contributed by atoms with E-state index in [1.54, 1.807) is 15.3 Å². The molecule has 0 bridgehead atoms. The highest BCUT2D eigenvalue weighted by molar-refractivity contribution is 6.30. The van der Waals surface area contributed by atoms with Crippen LogP contribution in [0.25, 0.3) is 5.65 Å². The maximum absolute atomic E-state index is 12.6. The molecule has 4 rings (SSSR count). The summed E-state index contributed by atoms with van der Waals surface area (Å²) in [5, 5.41) is 5.27. The van der Waals surface area contributed by atoms with Crippen molar-refractivity contribution in [3.8, 4) is 0 Å². The number of piperazine rings is 1. The van der Waals surface area contributed by atoms with Crippen LogP contribution in [0.3, 0.4) is 0 Å². The molecule has 7 heteroatoms. The highest BCUT2D eigenvalue weighted by Gasteiger charge is 2.30. The van der Waals surface area contributed by atoms with Gasteiger partial charge in [0, 0.05) is 49.1 Å². The SMILES string of the molecule is CC1CN(c2cccc(Cl)c2)CCN1CC(C)(C)Cn1nc2ccccn2c1=O. The third kappa shape index (κ3) is 4.33. The molecule has 0 N–H and O–H groups in total. The predicted molar refractivity (Wildman–Crippen MR) is 118 cm³/mol. The molecule has 1 saturated heterocycles. The summed E-state index contributed by atoms with van der Waals surface area (Å²) in [5.41, 5.74) is 1.72. The molecule has 0 aliphatic carbocycles. The Bertz CT molecular complexity index is 1060. The van der Waals surface area contributed by atoms with Crippen LogP contribution in [0.2, 0.25) is 5.02 Å². The van der Waals surface area contributed by atoms with Gasteiger partial charge < -0.3 is 4.90 Å². The highest BCUT2D eigenvalue weighted by Crippen LogP contribution is 2.26. The first-order chi connectivity index (χ1) is 13.8. The van der Waals surface area contributed by atoms with Gasteiger partial charge in [-0.25, -0.2) is 9.48 Å². The molecule has 1 aliphatic rings. The van der Waals surface area contributed by atoms with E-state index < -0.39 is 0 Å². The van der Waals surface area contributed by atoms with Crippen molar-refractivity contribution in [3.63, 3.8) is 0 Å². The van der Waals surface area contributed by atoms with E-state index in [1.807, 2.05) is 36.4 Å². The van der Waals surface area contributed by atoms with Crippen molar-refractivity contribution in [3.05, 3.63) is 64.2 Å². The lowest BCUT2D eigenvalue weighted by molar-refractivity contribution is 0.110. The summed E-state index contributed by atoms with van der Waals surface area (Å²) in [4.78, 5) is 17.5. The first kappa shape index (κ1) is 20.0. The summed E-state index contributed by atoms with van der Waals surface area (Å²) in [6, 6.07) is 14.1. The number of pyridine rings is 1. The molecule has 3 heterocycles. The Morgan fingerprint density at radius 2 is 1.97 bits per heavy atom. The molecule has 1 aromatic carbocycles. The number of benzene rings is 1. The van der Waals surface area contributed by atoms with Crippen LogP contribution < -0.4 is 10.6 Å². The average molecular weight is 414 g/mol. The van der Waals surface area contributed by atoms with Crippen molar-refractivity contribution in [1.29, 1.82) is 0 Å². The number of anilines is 1. The molecule has 29 heavy (non-hydrogen) atoms. The van der Waals surface area contributed by atoms with Gasteiger partial charge in [-0.2, -0.15) is 0 Å². The monoisotopic (exact) mass is 413 g/mol. The Labute approximate surface area is 176 Å². The summed E-state index contributed by atoms with van der Waals surface area (Å²) < 4.78 is 3.20. The minimum atomic E-state index is -0.0764. The van der Waals surface area contributed by atoms with E-state index in [0.29, 0.717) is 18.2 Å². The van der Waals surface area contributed by atoms with Gasteiger partial charge in [0.05, 0.1) is 6.54 Å². The summed E-state index contributed by atoms with van der Waals surface area (Å²) in [7, 11) is 0. The Morgan fingerprint density at radius 1 is 1.14 bits per heavy atom. The molecule has 1 atom stereocenters. The molecule has 0 radical (unpaired) electrons. The fourth-order valence-electron chi connectivity index (χ4n) is 4.21. The lowest BCUT2D eigenvalue weighted by Gasteiger charge is -2.44. The van der Waals surface area contributed by atoms with E-state index in [1.165, 1.54) is 5.69 Å². The molecule has 6 nitrogen and oxygen atoms in total. The summed E-state index contributed by atoms with van der Waals surface area (Å²) in [6.07, 6.45) is 1.77. The van der Waals surface area contributed by atoms with Gasteiger partial charge in [0.2, 0.25) is 0 Å². The maximum atomic E-state index is 12.6. The quantitative estimate of drug-likeness (QED) is 0.643. The van der Waals surface area contributed by atoms with Crippen LogP contribution in [0.15, 0.2) is 53.5 Å². The number of aromatic nitrogens is 3. The molecule has 0 spiro atoms. The van der Waals surface area contributed by atoms with Crippen molar-refractivity contribution in [1.82, 2.24) is 19.1 Å². The van der Waals surface area contributed by atoms with Gasteiger partial charge in [-0.3, -0.25) is 9.30 Å². The van der Waals surface area contributed by atoms with Crippen LogP contribution in [-0.2, 0) is 6.54 Å². The zero-order valence-electron chi connectivity index (χ0n) is 17.3. The smallest absolute Gasteiger partial charge is 0.350 e. The summed E-state index contributed by atoms with van der Waals surface area (Å²) in [5.74, 6) is 0. The Morgan fingerprint density at radius 3 is 2.69 bits per heavy atom. The second kappa shape index (κ2) is 7.84. The van der Waals surface area contributed by atoms with Gasteiger partial charge >= 0.3 is 5.69 Å². The van der Waals surface area contributed by atoms with Gasteiger partial charge in [0.15, 0.2) is 5.65 Å². The molecule has 2 aromatic heterocycles. The van der Waals surface area contributed by atoms with Crippen LogP contribution in [0, 0.1) is 5.41 Å². The topological polar surface area (TPSA) is 45.8 Å². The number of halogens is 1. The van der Waals surface area contributed by atoms with Crippen molar-refractivity contribution < 1.29 is 0 Å². The van der Waals surface area contributed by atoms with Crippen molar-refractivity contribution in [2.75, 3.05) is 31.1 Å². The molecular formula is C22H28ClN5O. The van der Waals surface area contributed by atoms with E-state index >= 15 is 0 Å². The van der Waals surface area contributed by atoms with Crippen LogP contribution >= 0.6 is 11.6 Å². The van der Waals surface area contributed by atoms with Crippen molar-refractivity contribution in [2.45, 2.75) is 33.4 Å². The first-order valence-electron chi connectivity index (χ1n) is 10.1. The van der Waals surface area contributed by atoms with Crippen molar-refractivity contribution in [2.24, 2.45) is 5.41 Å². The summed E-state index contributed by atoms with van der Waals surface area (Å²) in [6.45, 7) is 11.1. The molecule has 154 valence electrons. The van der Waals surface area contributed by atoms with Gasteiger partial charge in [0.25, 0.3) is 0 Å². The number of nitrogens with zero attached hydrogens (tertiary/aromatic N) is 5. The van der Waals surface area contributed by atoms with E-state index in [4.69, 9.17) is 11.6 Å². The van der Waals surface area contributed by atoms with Gasteiger partial charge in [-0.1, -0.05) is 37.6 Å². The molecule has 3 aromatic rings. The van der Waals surface area contributed by atoms with E-state index in [2.05, 4.69) is 41.7 Å². The number of hydrogen-bond acceptors (Lipinski definition) is 4. The fourth-order valence-corrected chi connectivity index (χ4v) is 4.40. The zero-order valence-corrected chi connectivity index (χ0v) is 18.0. The van der Waals surface area contributed by atoms with Gasteiger partial charge in [-0.05, 0) is 42.7 Å². The predicted octanol–water partition coefficient (Wildman–Crippen LogP) is 3.39. The van der Waals surface area contributed by atoms with Crippen molar-refractivity contribution >= 4 is 22.9 Å². The summed E-state index contributed by atoms with van der Waals surface area (Å²) >= 11 is 6.16. The lowest BCUT2D eigenvalue weighted by atomic mass is 9.91. The third-order valence-electron chi connectivity index (χ3n) is 5.64. The first-order valence-corrected chi connectivity index (χ1v) is 10.5. The minimum Gasteiger partial charge on any atom is -0.369 e. The second-order valence-corrected chi connectivity index (χ2v) is 9.22. The fraction of sp³-hybridized carbons (Fsp3) is 0.455. The average Bonchev–Trinajstić information content (AvgIpc) is 2.98. The van der Waals surface area contributed by atoms with Crippen LogP contribution in [0.1, 0.15) is 20.8 Å². The number of fused-ring (bicyclic) bond motifs is 1. The molecule has 1 fully saturated rings. The normalized spacial score (nSPS) is 18.5. The Kier molecular flexibility index (Phi) is 5.40. The second-order valence-electron chi connectivity index (χ2n) is 8.78. The maximum Gasteiger partial charge on any atom is 0.350 e. The van der Waals surface area contributed by atoms with E-state index in [9.17, 15) is 4.79 Å². The minimum absolute atomic E-state index is 0.0752. The largest absolute Gasteiger partial charge is 0.369 e. The van der Waals surface area contributed by atoms with Gasteiger partial charge in [-0.15, -0.1) is 5.10 Å². The van der Waals surface area contributed by atoms with Gasteiger partial charge in [0.1, 0.15) is 0 Å². The standard InChI is InChI=1S/C22H28ClN5O/c1-17-14-25(19-8-6-7-18(23)13-19)11-12-26(17)15-22(2,3)16-28-21(29)27-10-5-4-9-20(27)24-28/h4-10,13,17H,11-12,14-16H2,1-3H3. The molecular weight excluding hydrogens is 386 g/mol.